The van der Waals surface area contributed by atoms with Crippen LogP contribution in [0.5, 0.6) is 0 Å². The number of esters is 1. The first kappa shape index (κ1) is 17.2. The molecule has 2 saturated heterocycles. The summed E-state index contributed by atoms with van der Waals surface area (Å²) in [6, 6.07) is 0. The van der Waals surface area contributed by atoms with Crippen molar-refractivity contribution in [3.63, 3.8) is 0 Å². The van der Waals surface area contributed by atoms with Crippen LogP contribution in [0.15, 0.2) is 0 Å². The summed E-state index contributed by atoms with van der Waals surface area (Å²) in [6.45, 7) is 11.2. The number of likely N-dealkylation sites (tertiary alicyclic amines) is 1. The molecule has 0 bridgehead atoms. The second-order valence-corrected chi connectivity index (χ2v) is 6.14. The Morgan fingerprint density at radius 2 is 1.73 bits per heavy atom. The van der Waals surface area contributed by atoms with E-state index in [-0.39, 0.29) is 17.8 Å². The third kappa shape index (κ3) is 4.68. The van der Waals surface area contributed by atoms with E-state index in [4.69, 9.17) is 4.74 Å². The molecule has 1 amide bonds. The van der Waals surface area contributed by atoms with Gasteiger partial charge in [0.15, 0.2) is 0 Å². The minimum Gasteiger partial charge on any atom is -0.466 e. The van der Waals surface area contributed by atoms with Gasteiger partial charge in [0, 0.05) is 39.3 Å². The highest BCUT2D eigenvalue weighted by atomic mass is 16.5. The number of rotatable bonds is 5. The van der Waals surface area contributed by atoms with E-state index in [1.807, 2.05) is 11.8 Å². The lowest BCUT2D eigenvalue weighted by Gasteiger charge is -2.36. The zero-order valence-corrected chi connectivity index (χ0v) is 13.9. The van der Waals surface area contributed by atoms with Crippen molar-refractivity contribution in [2.75, 3.05) is 59.0 Å². The Labute approximate surface area is 133 Å². The first-order valence-electron chi connectivity index (χ1n) is 8.53. The number of hydrogen-bond donors (Lipinski definition) is 0. The van der Waals surface area contributed by atoms with Gasteiger partial charge in [-0.25, -0.2) is 0 Å². The van der Waals surface area contributed by atoms with Crippen LogP contribution in [0.3, 0.4) is 0 Å². The molecule has 0 N–H and O–H groups in total. The van der Waals surface area contributed by atoms with E-state index in [0.717, 1.165) is 52.1 Å². The van der Waals surface area contributed by atoms with Crippen LogP contribution >= 0.6 is 0 Å². The third-order valence-electron chi connectivity index (χ3n) is 4.67. The smallest absolute Gasteiger partial charge is 0.310 e. The van der Waals surface area contributed by atoms with Gasteiger partial charge in [-0.2, -0.15) is 0 Å². The zero-order valence-electron chi connectivity index (χ0n) is 13.9. The molecule has 0 aromatic carbocycles. The van der Waals surface area contributed by atoms with Gasteiger partial charge in [-0.15, -0.1) is 0 Å². The molecule has 0 aromatic heterocycles. The molecule has 2 aliphatic heterocycles. The summed E-state index contributed by atoms with van der Waals surface area (Å²) in [5, 5.41) is 0. The van der Waals surface area contributed by atoms with Crippen LogP contribution in [-0.2, 0) is 14.3 Å². The molecule has 6 nitrogen and oxygen atoms in total. The number of carbonyl (C=O) groups excluding carboxylic acids is 2. The summed E-state index contributed by atoms with van der Waals surface area (Å²) in [4.78, 5) is 30.8. The molecule has 0 spiro atoms. The van der Waals surface area contributed by atoms with Gasteiger partial charge in [-0.1, -0.05) is 6.92 Å². The first-order chi connectivity index (χ1) is 10.6. The second-order valence-electron chi connectivity index (χ2n) is 6.14. The van der Waals surface area contributed by atoms with E-state index in [9.17, 15) is 9.59 Å². The zero-order chi connectivity index (χ0) is 15.9. The Bertz CT molecular complexity index is 381. The molecule has 2 heterocycles. The van der Waals surface area contributed by atoms with Crippen molar-refractivity contribution in [1.29, 1.82) is 0 Å². The van der Waals surface area contributed by atoms with Gasteiger partial charge in [-0.3, -0.25) is 14.5 Å². The molecule has 2 fully saturated rings. The molecule has 22 heavy (non-hydrogen) atoms. The van der Waals surface area contributed by atoms with Crippen molar-refractivity contribution < 1.29 is 14.3 Å². The SMILES string of the molecule is CCOC(=O)C1CCCN(C(=O)CN2CCN(CC)CC2)C1. The number of ether oxygens (including phenoxy) is 1. The molecule has 0 radical (unpaired) electrons. The van der Waals surface area contributed by atoms with Crippen molar-refractivity contribution in [3.05, 3.63) is 0 Å². The summed E-state index contributed by atoms with van der Waals surface area (Å²) >= 11 is 0. The maximum absolute atomic E-state index is 12.5. The maximum atomic E-state index is 12.5. The van der Waals surface area contributed by atoms with Crippen LogP contribution in [-0.4, -0.2) is 85.5 Å². The van der Waals surface area contributed by atoms with Crippen molar-refractivity contribution in [3.8, 4) is 0 Å². The predicted molar refractivity (Wildman–Crippen MR) is 84.5 cm³/mol. The molecular formula is C16H29N3O3. The van der Waals surface area contributed by atoms with Crippen LogP contribution in [0.25, 0.3) is 0 Å². The lowest BCUT2D eigenvalue weighted by molar-refractivity contribution is -0.151. The quantitative estimate of drug-likeness (QED) is 0.689. The Morgan fingerprint density at radius 3 is 2.36 bits per heavy atom. The number of nitrogens with zero attached hydrogens (tertiary/aromatic N) is 3. The lowest BCUT2D eigenvalue weighted by atomic mass is 9.98. The van der Waals surface area contributed by atoms with Crippen molar-refractivity contribution >= 4 is 11.9 Å². The third-order valence-corrected chi connectivity index (χ3v) is 4.67. The molecule has 126 valence electrons. The highest BCUT2D eigenvalue weighted by Gasteiger charge is 2.30. The van der Waals surface area contributed by atoms with E-state index >= 15 is 0 Å². The van der Waals surface area contributed by atoms with Gasteiger partial charge in [0.1, 0.15) is 0 Å². The highest BCUT2D eigenvalue weighted by molar-refractivity contribution is 5.80. The maximum Gasteiger partial charge on any atom is 0.310 e. The summed E-state index contributed by atoms with van der Waals surface area (Å²) in [7, 11) is 0. The average Bonchev–Trinajstić information content (AvgIpc) is 2.56. The fourth-order valence-corrected chi connectivity index (χ4v) is 3.21. The number of likely N-dealkylation sites (N-methyl/N-ethyl adjacent to an activating group) is 1. The minimum absolute atomic E-state index is 0.144. The Kier molecular flexibility index (Phi) is 6.64. The fourth-order valence-electron chi connectivity index (χ4n) is 3.21. The van der Waals surface area contributed by atoms with Crippen LogP contribution in [0.4, 0.5) is 0 Å². The van der Waals surface area contributed by atoms with E-state index in [1.165, 1.54) is 0 Å². The molecule has 1 unspecified atom stereocenters. The number of carbonyl (C=O) groups is 2. The largest absolute Gasteiger partial charge is 0.466 e. The lowest BCUT2D eigenvalue weighted by Crippen LogP contribution is -2.51. The van der Waals surface area contributed by atoms with Gasteiger partial charge < -0.3 is 14.5 Å². The molecule has 0 saturated carbocycles. The fraction of sp³-hybridized carbons (Fsp3) is 0.875. The minimum atomic E-state index is -0.156. The monoisotopic (exact) mass is 311 g/mol. The molecule has 2 aliphatic rings. The Balaban J connectivity index is 1.78. The van der Waals surface area contributed by atoms with E-state index in [2.05, 4.69) is 16.7 Å². The normalized spacial score (nSPS) is 24.3. The highest BCUT2D eigenvalue weighted by Crippen LogP contribution is 2.18. The molecule has 6 heteroatoms. The predicted octanol–water partition coefficient (Wildman–Crippen LogP) is 0.426. The topological polar surface area (TPSA) is 53.1 Å². The van der Waals surface area contributed by atoms with Gasteiger partial charge in [0.25, 0.3) is 0 Å². The Morgan fingerprint density at radius 1 is 1.05 bits per heavy atom. The standard InChI is InChI=1S/C16H29N3O3/c1-3-17-8-10-18(11-9-17)13-15(20)19-7-5-6-14(12-19)16(21)22-4-2/h14H,3-13H2,1-2H3. The van der Waals surface area contributed by atoms with Crippen molar-refractivity contribution in [2.24, 2.45) is 5.92 Å². The van der Waals surface area contributed by atoms with Crippen molar-refractivity contribution in [1.82, 2.24) is 14.7 Å². The summed E-state index contributed by atoms with van der Waals surface area (Å²) in [6.07, 6.45) is 1.72. The van der Waals surface area contributed by atoms with Crippen molar-refractivity contribution in [2.45, 2.75) is 26.7 Å². The van der Waals surface area contributed by atoms with Crippen LogP contribution in [0.2, 0.25) is 0 Å². The number of hydrogen-bond acceptors (Lipinski definition) is 5. The summed E-state index contributed by atoms with van der Waals surface area (Å²) < 4.78 is 5.09. The van der Waals surface area contributed by atoms with E-state index in [1.54, 1.807) is 0 Å². The number of amides is 1. The van der Waals surface area contributed by atoms with E-state index in [0.29, 0.717) is 19.7 Å². The Hall–Kier alpha value is -1.14. The molecule has 0 aromatic rings. The number of piperidine rings is 1. The summed E-state index contributed by atoms with van der Waals surface area (Å²) in [5.74, 6) is -0.148. The van der Waals surface area contributed by atoms with Crippen LogP contribution < -0.4 is 0 Å². The summed E-state index contributed by atoms with van der Waals surface area (Å²) in [5.41, 5.74) is 0. The second kappa shape index (κ2) is 8.48. The van der Waals surface area contributed by atoms with Crippen LogP contribution in [0, 0.1) is 5.92 Å². The van der Waals surface area contributed by atoms with Gasteiger partial charge >= 0.3 is 5.97 Å². The van der Waals surface area contributed by atoms with E-state index < -0.39 is 0 Å². The molecular weight excluding hydrogens is 282 g/mol. The average molecular weight is 311 g/mol. The van der Waals surface area contributed by atoms with Gasteiger partial charge in [-0.05, 0) is 26.3 Å². The first-order valence-corrected chi connectivity index (χ1v) is 8.53. The van der Waals surface area contributed by atoms with Crippen LogP contribution in [0.1, 0.15) is 26.7 Å². The van der Waals surface area contributed by atoms with Gasteiger partial charge in [0.2, 0.25) is 5.91 Å². The molecule has 0 aliphatic carbocycles. The van der Waals surface area contributed by atoms with Gasteiger partial charge in [0.05, 0.1) is 19.1 Å². The molecule has 1 atom stereocenters. The number of piperazine rings is 1. The molecule has 2 rings (SSSR count).